The lowest BCUT2D eigenvalue weighted by atomic mass is 10.1. The Kier molecular flexibility index (Phi) is 13.2. The molecule has 2 amide bonds. The Balaban J connectivity index is 1.53. The Morgan fingerprint density at radius 2 is 1.68 bits per heavy atom. The summed E-state index contributed by atoms with van der Waals surface area (Å²) in [4.78, 5) is 26.0. The van der Waals surface area contributed by atoms with E-state index in [0.29, 0.717) is 54.3 Å². The SMILES string of the molecule is CCOC(Cc1ccc(OCCN(CCCOCc2ccc(F)cc2)C(=O)Nc2ccc(Cl)cc2Cl)cc1)C(=O)O. The first-order chi connectivity index (χ1) is 19.7. The molecule has 0 saturated carbocycles. The molecule has 0 spiro atoms. The fourth-order valence-corrected chi connectivity index (χ4v) is 4.31. The second-order valence-electron chi connectivity index (χ2n) is 9.05. The zero-order chi connectivity index (χ0) is 29.6. The minimum absolute atomic E-state index is 0.217. The minimum atomic E-state index is -1.01. The third-order valence-electron chi connectivity index (χ3n) is 5.98. The number of rotatable bonds is 16. The van der Waals surface area contributed by atoms with E-state index in [1.165, 1.54) is 12.1 Å². The van der Waals surface area contributed by atoms with Crippen LogP contribution >= 0.6 is 23.2 Å². The van der Waals surface area contributed by atoms with Crippen LogP contribution in [-0.4, -0.2) is 61.0 Å². The number of carboxylic acids is 1. The van der Waals surface area contributed by atoms with Gasteiger partial charge in [0.25, 0.3) is 0 Å². The van der Waals surface area contributed by atoms with Crippen LogP contribution in [0.5, 0.6) is 5.75 Å². The van der Waals surface area contributed by atoms with Gasteiger partial charge in [0.2, 0.25) is 0 Å². The Morgan fingerprint density at radius 1 is 0.976 bits per heavy atom. The summed E-state index contributed by atoms with van der Waals surface area (Å²) < 4.78 is 29.9. The highest BCUT2D eigenvalue weighted by Crippen LogP contribution is 2.25. The third-order valence-corrected chi connectivity index (χ3v) is 6.52. The zero-order valence-electron chi connectivity index (χ0n) is 22.7. The van der Waals surface area contributed by atoms with Crippen molar-refractivity contribution >= 4 is 40.9 Å². The molecule has 3 aromatic rings. The van der Waals surface area contributed by atoms with E-state index in [1.807, 2.05) is 0 Å². The number of carboxylic acid groups (broad SMARTS) is 1. The van der Waals surface area contributed by atoms with E-state index >= 15 is 0 Å². The number of benzene rings is 3. The Hall–Kier alpha value is -3.37. The molecule has 0 fully saturated rings. The lowest BCUT2D eigenvalue weighted by Crippen LogP contribution is -2.39. The van der Waals surface area contributed by atoms with Crippen LogP contribution in [0.15, 0.2) is 66.7 Å². The maximum absolute atomic E-state index is 13.1. The Morgan fingerprint density at radius 3 is 2.34 bits per heavy atom. The number of carbonyl (C=O) groups is 2. The molecular weight excluding hydrogens is 574 g/mol. The lowest BCUT2D eigenvalue weighted by molar-refractivity contribution is -0.149. The second-order valence-corrected chi connectivity index (χ2v) is 9.90. The number of halogens is 3. The van der Waals surface area contributed by atoms with Crippen molar-refractivity contribution < 1.29 is 33.3 Å². The fraction of sp³-hybridized carbons (Fsp3) is 0.333. The van der Waals surface area contributed by atoms with Crippen molar-refractivity contribution in [3.8, 4) is 5.75 Å². The molecule has 3 aromatic carbocycles. The van der Waals surface area contributed by atoms with Crippen LogP contribution in [-0.2, 0) is 27.3 Å². The summed E-state index contributed by atoms with van der Waals surface area (Å²) in [6.07, 6.45) is -0.108. The van der Waals surface area contributed by atoms with Gasteiger partial charge >= 0.3 is 12.0 Å². The molecule has 0 aromatic heterocycles. The van der Waals surface area contributed by atoms with Gasteiger partial charge in [-0.25, -0.2) is 14.0 Å². The van der Waals surface area contributed by atoms with Gasteiger partial charge in [0.05, 0.1) is 23.9 Å². The van der Waals surface area contributed by atoms with E-state index in [4.69, 9.17) is 37.4 Å². The molecule has 2 N–H and O–H groups in total. The highest BCUT2D eigenvalue weighted by molar-refractivity contribution is 6.36. The van der Waals surface area contributed by atoms with Gasteiger partial charge in [-0.1, -0.05) is 47.5 Å². The molecule has 8 nitrogen and oxygen atoms in total. The topological polar surface area (TPSA) is 97.3 Å². The molecule has 11 heteroatoms. The zero-order valence-corrected chi connectivity index (χ0v) is 24.2. The predicted octanol–water partition coefficient (Wildman–Crippen LogP) is 6.68. The Bertz CT molecular complexity index is 1260. The van der Waals surface area contributed by atoms with Crippen LogP contribution in [0.1, 0.15) is 24.5 Å². The minimum Gasteiger partial charge on any atom is -0.492 e. The molecule has 0 saturated heterocycles. The average molecular weight is 608 g/mol. The van der Waals surface area contributed by atoms with Crippen LogP contribution in [0.25, 0.3) is 0 Å². The maximum atomic E-state index is 13.1. The molecule has 41 heavy (non-hydrogen) atoms. The number of ether oxygens (including phenoxy) is 3. The van der Waals surface area contributed by atoms with E-state index in [-0.39, 0.29) is 31.4 Å². The smallest absolute Gasteiger partial charge is 0.333 e. The van der Waals surface area contributed by atoms with Crippen molar-refractivity contribution in [2.45, 2.75) is 32.5 Å². The molecule has 0 radical (unpaired) electrons. The van der Waals surface area contributed by atoms with Crippen molar-refractivity contribution in [2.75, 3.05) is 38.2 Å². The predicted molar refractivity (Wildman–Crippen MR) is 156 cm³/mol. The number of nitrogens with zero attached hydrogens (tertiary/aromatic N) is 1. The largest absolute Gasteiger partial charge is 0.492 e. The van der Waals surface area contributed by atoms with Crippen molar-refractivity contribution in [3.05, 3.63) is 93.7 Å². The van der Waals surface area contributed by atoms with Gasteiger partial charge in [-0.05, 0) is 66.9 Å². The highest BCUT2D eigenvalue weighted by atomic mass is 35.5. The summed E-state index contributed by atoms with van der Waals surface area (Å²) in [6, 6.07) is 17.6. The highest BCUT2D eigenvalue weighted by Gasteiger charge is 2.18. The number of hydrogen-bond acceptors (Lipinski definition) is 5. The van der Waals surface area contributed by atoms with Crippen molar-refractivity contribution in [1.29, 1.82) is 0 Å². The number of urea groups is 1. The summed E-state index contributed by atoms with van der Waals surface area (Å²) in [7, 11) is 0. The number of anilines is 1. The summed E-state index contributed by atoms with van der Waals surface area (Å²) in [6.45, 7) is 3.68. The monoisotopic (exact) mass is 606 g/mol. The van der Waals surface area contributed by atoms with Gasteiger partial charge in [-0.2, -0.15) is 0 Å². The van der Waals surface area contributed by atoms with Crippen molar-refractivity contribution in [2.24, 2.45) is 0 Å². The van der Waals surface area contributed by atoms with Gasteiger partial charge in [-0.3, -0.25) is 0 Å². The summed E-state index contributed by atoms with van der Waals surface area (Å²) in [5.41, 5.74) is 2.09. The van der Waals surface area contributed by atoms with Crippen molar-refractivity contribution in [1.82, 2.24) is 4.90 Å². The van der Waals surface area contributed by atoms with Gasteiger partial charge in [-0.15, -0.1) is 0 Å². The third kappa shape index (κ3) is 11.2. The van der Waals surface area contributed by atoms with Gasteiger partial charge in [0.15, 0.2) is 6.10 Å². The van der Waals surface area contributed by atoms with Gasteiger partial charge in [0.1, 0.15) is 18.2 Å². The molecule has 0 heterocycles. The molecule has 0 aliphatic carbocycles. The molecule has 3 rings (SSSR count). The van der Waals surface area contributed by atoms with Gasteiger partial charge in [0, 0.05) is 31.2 Å². The summed E-state index contributed by atoms with van der Waals surface area (Å²) in [5, 5.41) is 12.9. The lowest BCUT2D eigenvalue weighted by Gasteiger charge is -2.23. The Labute approximate surface area is 248 Å². The van der Waals surface area contributed by atoms with E-state index < -0.39 is 12.1 Å². The number of amides is 2. The standard InChI is InChI=1S/C30H33Cl2FN2O6/c1-2-40-28(29(36)37)18-21-6-11-25(12-7-21)41-17-15-35(30(38)34-27-13-8-23(31)19-26(27)32)14-3-16-39-20-22-4-9-24(33)10-5-22/h4-13,19,28H,2-3,14-18,20H2,1H3,(H,34,38)(H,36,37). The first-order valence-electron chi connectivity index (χ1n) is 13.1. The van der Waals surface area contributed by atoms with Crippen LogP contribution in [0.4, 0.5) is 14.9 Å². The first-order valence-corrected chi connectivity index (χ1v) is 13.9. The molecule has 1 atom stereocenters. The molecular formula is C30H33Cl2FN2O6. The summed E-state index contributed by atoms with van der Waals surface area (Å²) >= 11 is 12.2. The maximum Gasteiger partial charge on any atom is 0.333 e. The van der Waals surface area contributed by atoms with Crippen LogP contribution in [0.2, 0.25) is 10.0 Å². The number of carbonyl (C=O) groups excluding carboxylic acids is 1. The molecule has 220 valence electrons. The number of nitrogens with one attached hydrogen (secondary N) is 1. The van der Waals surface area contributed by atoms with Crippen LogP contribution in [0, 0.1) is 5.82 Å². The second kappa shape index (κ2) is 16.8. The van der Waals surface area contributed by atoms with E-state index in [9.17, 15) is 19.1 Å². The van der Waals surface area contributed by atoms with Crippen molar-refractivity contribution in [3.63, 3.8) is 0 Å². The fourth-order valence-electron chi connectivity index (χ4n) is 3.86. The van der Waals surface area contributed by atoms with E-state index in [1.54, 1.807) is 66.4 Å². The average Bonchev–Trinajstić information content (AvgIpc) is 2.95. The quantitative estimate of drug-likeness (QED) is 0.176. The first kappa shape index (κ1) is 32.1. The van der Waals surface area contributed by atoms with E-state index in [2.05, 4.69) is 5.32 Å². The van der Waals surface area contributed by atoms with Crippen LogP contribution < -0.4 is 10.1 Å². The number of hydrogen-bond donors (Lipinski definition) is 2. The molecule has 0 aliphatic rings. The normalized spacial score (nSPS) is 11.6. The molecule has 0 bridgehead atoms. The van der Waals surface area contributed by atoms with E-state index in [0.717, 1.165) is 11.1 Å². The molecule has 1 unspecified atom stereocenters. The number of aliphatic carboxylic acids is 1. The van der Waals surface area contributed by atoms with Gasteiger partial charge < -0.3 is 29.5 Å². The van der Waals surface area contributed by atoms with Crippen LogP contribution in [0.3, 0.4) is 0 Å². The molecule has 0 aliphatic heterocycles. The summed E-state index contributed by atoms with van der Waals surface area (Å²) in [5.74, 6) is -0.727.